The Kier molecular flexibility index (Phi) is 3.57. The second kappa shape index (κ2) is 5.35. The molecular weight excluding hydrogens is 310 g/mol. The molecule has 2 heterocycles. The smallest absolute Gasteiger partial charge is 0.354 e. The maximum Gasteiger partial charge on any atom is 0.354 e. The maximum absolute atomic E-state index is 11.8. The molecule has 1 aromatic heterocycles. The highest BCUT2D eigenvalue weighted by Crippen LogP contribution is 2.32. The van der Waals surface area contributed by atoms with Crippen molar-refractivity contribution in [1.82, 2.24) is 5.32 Å². The monoisotopic (exact) mass is 323 g/mol. The van der Waals surface area contributed by atoms with Gasteiger partial charge in [-0.2, -0.15) is 0 Å². The average Bonchev–Trinajstić information content (AvgIpc) is 2.45. The molecule has 0 amide bonds. The lowest BCUT2D eigenvalue weighted by atomic mass is 10.1. The first-order valence-electron chi connectivity index (χ1n) is 6.34. The highest BCUT2D eigenvalue weighted by atomic mass is 79.9. The van der Waals surface area contributed by atoms with Crippen molar-refractivity contribution in [1.29, 1.82) is 0 Å². The Bertz CT molecular complexity index is 647. The molecule has 1 saturated heterocycles. The zero-order chi connectivity index (χ0) is 13.2. The fraction of sp³-hybridized carbons (Fsp3) is 0.357. The van der Waals surface area contributed by atoms with Crippen LogP contribution in [0.4, 0.5) is 0 Å². The molecule has 0 bridgehead atoms. The molecule has 0 saturated carbocycles. The van der Waals surface area contributed by atoms with Gasteiger partial charge in [0.25, 0.3) is 0 Å². The predicted octanol–water partition coefficient (Wildman–Crippen LogP) is 2.69. The summed E-state index contributed by atoms with van der Waals surface area (Å²) < 4.78 is 11.6. The van der Waals surface area contributed by atoms with Gasteiger partial charge in [0.2, 0.25) is 0 Å². The first kappa shape index (κ1) is 12.7. The minimum absolute atomic E-state index is 0.141. The van der Waals surface area contributed by atoms with Crippen LogP contribution in [0.5, 0.6) is 5.75 Å². The standard InChI is InChI=1S/C14H14BrNO3/c15-12-13(18-9-5-7-16-8-6-9)10-3-1-2-4-11(10)19-14(12)17/h1-4,9,16H,5-8H2. The molecule has 1 N–H and O–H groups in total. The van der Waals surface area contributed by atoms with Crippen molar-refractivity contribution in [3.05, 3.63) is 39.2 Å². The largest absolute Gasteiger partial charge is 0.488 e. The van der Waals surface area contributed by atoms with Crippen LogP contribution in [0.3, 0.4) is 0 Å². The van der Waals surface area contributed by atoms with Crippen LogP contribution in [0, 0.1) is 0 Å². The van der Waals surface area contributed by atoms with Gasteiger partial charge in [-0.25, -0.2) is 4.79 Å². The molecule has 3 rings (SSSR count). The summed E-state index contributed by atoms with van der Waals surface area (Å²) in [7, 11) is 0. The van der Waals surface area contributed by atoms with Gasteiger partial charge >= 0.3 is 5.63 Å². The van der Waals surface area contributed by atoms with Crippen LogP contribution in [0.1, 0.15) is 12.8 Å². The molecule has 1 aromatic carbocycles. The van der Waals surface area contributed by atoms with Crippen molar-refractivity contribution >= 4 is 26.9 Å². The van der Waals surface area contributed by atoms with Crippen molar-refractivity contribution in [2.24, 2.45) is 0 Å². The molecule has 1 fully saturated rings. The van der Waals surface area contributed by atoms with E-state index in [0.717, 1.165) is 31.3 Å². The van der Waals surface area contributed by atoms with Crippen molar-refractivity contribution in [3.8, 4) is 5.75 Å². The van der Waals surface area contributed by atoms with Crippen LogP contribution >= 0.6 is 15.9 Å². The van der Waals surface area contributed by atoms with E-state index in [1.807, 2.05) is 18.2 Å². The lowest BCUT2D eigenvalue weighted by molar-refractivity contribution is 0.162. The molecular formula is C14H14BrNO3. The molecule has 0 spiro atoms. The first-order valence-corrected chi connectivity index (χ1v) is 7.14. The van der Waals surface area contributed by atoms with Gasteiger partial charge in [0.1, 0.15) is 16.2 Å². The zero-order valence-corrected chi connectivity index (χ0v) is 11.9. The van der Waals surface area contributed by atoms with E-state index in [-0.39, 0.29) is 6.10 Å². The number of ether oxygens (including phenoxy) is 1. The van der Waals surface area contributed by atoms with E-state index in [2.05, 4.69) is 21.2 Å². The topological polar surface area (TPSA) is 51.5 Å². The SMILES string of the molecule is O=c1oc2ccccc2c(OC2CCNCC2)c1Br. The van der Waals surface area contributed by atoms with Gasteiger partial charge in [0.05, 0.1) is 5.39 Å². The highest BCUT2D eigenvalue weighted by molar-refractivity contribution is 9.10. The van der Waals surface area contributed by atoms with Gasteiger partial charge in [-0.3, -0.25) is 0 Å². The fourth-order valence-corrected chi connectivity index (χ4v) is 2.68. The summed E-state index contributed by atoms with van der Waals surface area (Å²) in [5.41, 5.74) is 0.155. The number of benzene rings is 1. The Balaban J connectivity index is 2.05. The molecule has 5 heteroatoms. The lowest BCUT2D eigenvalue weighted by Crippen LogP contribution is -2.34. The summed E-state index contributed by atoms with van der Waals surface area (Å²) in [6, 6.07) is 7.43. The third kappa shape index (κ3) is 2.53. The second-order valence-electron chi connectivity index (χ2n) is 4.60. The third-order valence-corrected chi connectivity index (χ3v) is 3.97. The Hall–Kier alpha value is -1.33. The van der Waals surface area contributed by atoms with Crippen LogP contribution < -0.4 is 15.7 Å². The number of nitrogens with one attached hydrogen (secondary N) is 1. The van der Waals surface area contributed by atoms with Crippen LogP contribution in [-0.4, -0.2) is 19.2 Å². The lowest BCUT2D eigenvalue weighted by Gasteiger charge is -2.24. The molecule has 0 aliphatic carbocycles. The molecule has 0 radical (unpaired) electrons. The van der Waals surface area contributed by atoms with E-state index in [9.17, 15) is 4.79 Å². The maximum atomic E-state index is 11.8. The Morgan fingerprint density at radius 2 is 2.00 bits per heavy atom. The van der Waals surface area contributed by atoms with E-state index < -0.39 is 5.63 Å². The van der Waals surface area contributed by atoms with Crippen LogP contribution in [-0.2, 0) is 0 Å². The van der Waals surface area contributed by atoms with E-state index >= 15 is 0 Å². The molecule has 1 aliphatic heterocycles. The number of fused-ring (bicyclic) bond motifs is 1. The highest BCUT2D eigenvalue weighted by Gasteiger charge is 2.20. The molecule has 4 nitrogen and oxygen atoms in total. The summed E-state index contributed by atoms with van der Waals surface area (Å²) in [5, 5.41) is 4.12. The van der Waals surface area contributed by atoms with Gasteiger partial charge in [-0.15, -0.1) is 0 Å². The van der Waals surface area contributed by atoms with Gasteiger partial charge in [-0.05, 0) is 54.0 Å². The van der Waals surface area contributed by atoms with Crippen LogP contribution in [0.15, 0.2) is 37.9 Å². The van der Waals surface area contributed by atoms with Crippen molar-refractivity contribution < 1.29 is 9.15 Å². The van der Waals surface area contributed by atoms with E-state index in [1.165, 1.54) is 0 Å². The normalized spacial score (nSPS) is 16.7. The number of hydrogen-bond acceptors (Lipinski definition) is 4. The minimum atomic E-state index is -0.400. The van der Waals surface area contributed by atoms with Crippen LogP contribution in [0.2, 0.25) is 0 Å². The van der Waals surface area contributed by atoms with Crippen molar-refractivity contribution in [3.63, 3.8) is 0 Å². The Labute approximate surface area is 118 Å². The molecule has 100 valence electrons. The number of rotatable bonds is 2. The van der Waals surface area contributed by atoms with Gasteiger partial charge in [0, 0.05) is 0 Å². The molecule has 1 aliphatic rings. The van der Waals surface area contributed by atoms with Gasteiger partial charge < -0.3 is 14.5 Å². The van der Waals surface area contributed by atoms with Gasteiger partial charge in [0.15, 0.2) is 5.75 Å². The summed E-state index contributed by atoms with van der Waals surface area (Å²) in [6.45, 7) is 1.89. The quantitative estimate of drug-likeness (QED) is 0.863. The summed E-state index contributed by atoms with van der Waals surface area (Å²) in [6.07, 6.45) is 2.03. The zero-order valence-electron chi connectivity index (χ0n) is 10.3. The first-order chi connectivity index (χ1) is 9.25. The van der Waals surface area contributed by atoms with Crippen molar-refractivity contribution in [2.45, 2.75) is 18.9 Å². The van der Waals surface area contributed by atoms with E-state index in [4.69, 9.17) is 9.15 Å². The van der Waals surface area contributed by atoms with Crippen LogP contribution in [0.25, 0.3) is 11.0 Å². The van der Waals surface area contributed by atoms with Crippen molar-refractivity contribution in [2.75, 3.05) is 13.1 Å². The Morgan fingerprint density at radius 1 is 1.26 bits per heavy atom. The van der Waals surface area contributed by atoms with E-state index in [0.29, 0.717) is 15.8 Å². The second-order valence-corrected chi connectivity index (χ2v) is 5.39. The number of para-hydroxylation sites is 1. The molecule has 0 atom stereocenters. The Morgan fingerprint density at radius 3 is 2.79 bits per heavy atom. The third-order valence-electron chi connectivity index (χ3n) is 3.28. The number of piperidine rings is 1. The van der Waals surface area contributed by atoms with Gasteiger partial charge in [-0.1, -0.05) is 12.1 Å². The number of halogens is 1. The summed E-state index contributed by atoms with van der Waals surface area (Å²) in [5.74, 6) is 0.596. The average molecular weight is 324 g/mol. The minimum Gasteiger partial charge on any atom is -0.488 e. The molecule has 2 aromatic rings. The molecule has 19 heavy (non-hydrogen) atoms. The molecule has 0 unspecified atom stereocenters. The number of hydrogen-bond donors (Lipinski definition) is 1. The summed E-state index contributed by atoms with van der Waals surface area (Å²) >= 11 is 3.28. The fourth-order valence-electron chi connectivity index (χ4n) is 2.29. The van der Waals surface area contributed by atoms with E-state index in [1.54, 1.807) is 6.07 Å². The predicted molar refractivity (Wildman–Crippen MR) is 76.7 cm³/mol. The summed E-state index contributed by atoms with van der Waals surface area (Å²) in [4.78, 5) is 11.8.